The smallest absolute Gasteiger partial charge is 0.416 e. The molecule has 1 atom stereocenters. The number of hydrogen-bond donors (Lipinski definition) is 1. The van der Waals surface area contributed by atoms with Crippen molar-refractivity contribution >= 4 is 23.2 Å². The van der Waals surface area contributed by atoms with Crippen LogP contribution < -0.4 is 10.1 Å². The summed E-state index contributed by atoms with van der Waals surface area (Å²) in [4.78, 5) is 12.6. The van der Waals surface area contributed by atoms with Crippen LogP contribution in [0.3, 0.4) is 0 Å². The van der Waals surface area contributed by atoms with Crippen LogP contribution in [-0.4, -0.2) is 13.0 Å². The van der Waals surface area contributed by atoms with Gasteiger partial charge >= 0.3 is 6.18 Å². The van der Waals surface area contributed by atoms with E-state index in [0.29, 0.717) is 21.9 Å². The number of amides is 1. The van der Waals surface area contributed by atoms with Crippen molar-refractivity contribution in [3.05, 3.63) is 58.1 Å². The van der Waals surface area contributed by atoms with E-state index in [2.05, 4.69) is 5.32 Å². The number of alkyl halides is 3. The van der Waals surface area contributed by atoms with Gasteiger partial charge in [0, 0.05) is 16.3 Å². The Morgan fingerprint density at radius 1 is 1.12 bits per heavy atom. The average Bonchev–Trinajstić information content (AvgIpc) is 2.78. The maximum Gasteiger partial charge on any atom is 0.416 e. The van der Waals surface area contributed by atoms with Crippen molar-refractivity contribution in [3.8, 4) is 5.75 Å². The van der Waals surface area contributed by atoms with Crippen LogP contribution in [0.5, 0.6) is 5.75 Å². The number of carbonyl (C=O) groups is 1. The maximum absolute atomic E-state index is 12.9. The van der Waals surface area contributed by atoms with E-state index in [4.69, 9.17) is 16.3 Å². The van der Waals surface area contributed by atoms with Gasteiger partial charge in [0.1, 0.15) is 11.2 Å². The molecule has 3 nitrogen and oxygen atoms in total. The van der Waals surface area contributed by atoms with E-state index in [-0.39, 0.29) is 5.69 Å². The Morgan fingerprint density at radius 3 is 2.46 bits per heavy atom. The van der Waals surface area contributed by atoms with Gasteiger partial charge in [-0.15, -0.1) is 0 Å². The molecule has 0 bridgehead atoms. The Kier molecular flexibility index (Phi) is 3.75. The van der Waals surface area contributed by atoms with E-state index in [9.17, 15) is 18.0 Å². The SMILES string of the molecule is COc1ccc(Cl)cc1[C@]1(C)C(=O)Nc2cc(C(F)(F)F)ccc21. The largest absolute Gasteiger partial charge is 0.496 e. The lowest BCUT2D eigenvalue weighted by atomic mass is 9.76. The van der Waals surface area contributed by atoms with E-state index in [0.717, 1.165) is 12.1 Å². The summed E-state index contributed by atoms with van der Waals surface area (Å²) in [7, 11) is 1.45. The zero-order valence-electron chi connectivity index (χ0n) is 12.8. The highest BCUT2D eigenvalue weighted by molar-refractivity contribution is 6.30. The first-order valence-corrected chi connectivity index (χ1v) is 7.43. The molecule has 0 fully saturated rings. The molecule has 1 aliphatic heterocycles. The molecular formula is C17H13ClF3NO2. The highest BCUT2D eigenvalue weighted by atomic mass is 35.5. The van der Waals surface area contributed by atoms with Crippen molar-refractivity contribution in [1.29, 1.82) is 0 Å². The van der Waals surface area contributed by atoms with Gasteiger partial charge in [-0.1, -0.05) is 17.7 Å². The van der Waals surface area contributed by atoms with Crippen molar-refractivity contribution in [2.45, 2.75) is 18.5 Å². The lowest BCUT2D eigenvalue weighted by Gasteiger charge is -2.25. The zero-order valence-corrected chi connectivity index (χ0v) is 13.5. The predicted molar refractivity (Wildman–Crippen MR) is 84.5 cm³/mol. The van der Waals surface area contributed by atoms with Gasteiger partial charge in [0.25, 0.3) is 0 Å². The summed E-state index contributed by atoms with van der Waals surface area (Å²) in [6.07, 6.45) is -4.48. The van der Waals surface area contributed by atoms with E-state index in [1.807, 2.05) is 0 Å². The van der Waals surface area contributed by atoms with Gasteiger partial charge in [-0.25, -0.2) is 0 Å². The van der Waals surface area contributed by atoms with Crippen LogP contribution in [0.25, 0.3) is 0 Å². The van der Waals surface area contributed by atoms with Crippen molar-refractivity contribution < 1.29 is 22.7 Å². The molecule has 1 heterocycles. The minimum atomic E-state index is -4.48. The quantitative estimate of drug-likeness (QED) is 0.853. The fraction of sp³-hybridized carbons (Fsp3) is 0.235. The number of carbonyl (C=O) groups excluding carboxylic acids is 1. The Labute approximate surface area is 141 Å². The summed E-state index contributed by atoms with van der Waals surface area (Å²) < 4.78 is 44.0. The fourth-order valence-corrected chi connectivity index (χ4v) is 3.14. The summed E-state index contributed by atoms with van der Waals surface area (Å²) in [5, 5.41) is 2.94. The number of hydrogen-bond acceptors (Lipinski definition) is 2. The number of benzene rings is 2. The molecule has 2 aromatic carbocycles. The molecule has 0 saturated heterocycles. The van der Waals surface area contributed by atoms with Crippen LogP contribution in [0.2, 0.25) is 5.02 Å². The van der Waals surface area contributed by atoms with Crippen molar-refractivity contribution in [1.82, 2.24) is 0 Å². The van der Waals surface area contributed by atoms with E-state index in [1.165, 1.54) is 13.2 Å². The van der Waals surface area contributed by atoms with Crippen LogP contribution >= 0.6 is 11.6 Å². The number of fused-ring (bicyclic) bond motifs is 1. The van der Waals surface area contributed by atoms with Gasteiger partial charge in [-0.05, 0) is 42.8 Å². The van der Waals surface area contributed by atoms with Gasteiger partial charge in [-0.3, -0.25) is 4.79 Å². The summed E-state index contributed by atoms with van der Waals surface area (Å²) in [5.41, 5.74) is -0.937. The second kappa shape index (κ2) is 5.41. The van der Waals surface area contributed by atoms with Gasteiger partial charge in [-0.2, -0.15) is 13.2 Å². The first kappa shape index (κ1) is 16.6. The first-order valence-electron chi connectivity index (χ1n) is 7.05. The van der Waals surface area contributed by atoms with Gasteiger partial charge in [0.15, 0.2) is 0 Å². The highest BCUT2D eigenvalue weighted by Gasteiger charge is 2.47. The number of nitrogens with one attached hydrogen (secondary N) is 1. The third-order valence-electron chi connectivity index (χ3n) is 4.29. The second-order valence-electron chi connectivity index (χ2n) is 5.68. The molecule has 1 N–H and O–H groups in total. The van der Waals surface area contributed by atoms with Crippen molar-refractivity contribution in [3.63, 3.8) is 0 Å². The molecule has 0 aliphatic carbocycles. The van der Waals surface area contributed by atoms with Gasteiger partial charge in [0.2, 0.25) is 5.91 Å². The minimum absolute atomic E-state index is 0.138. The Hall–Kier alpha value is -2.21. The lowest BCUT2D eigenvalue weighted by Crippen LogP contribution is -2.32. The van der Waals surface area contributed by atoms with Crippen LogP contribution in [-0.2, 0) is 16.4 Å². The van der Waals surface area contributed by atoms with Gasteiger partial charge < -0.3 is 10.1 Å². The third-order valence-corrected chi connectivity index (χ3v) is 4.52. The molecule has 0 aromatic heterocycles. The molecule has 126 valence electrons. The molecular weight excluding hydrogens is 343 g/mol. The molecule has 1 amide bonds. The van der Waals surface area contributed by atoms with Crippen molar-refractivity contribution in [2.24, 2.45) is 0 Å². The number of ether oxygens (including phenoxy) is 1. The Bertz CT molecular complexity index is 835. The Balaban J connectivity index is 2.21. The first-order chi connectivity index (χ1) is 11.2. The summed E-state index contributed by atoms with van der Waals surface area (Å²) in [5.74, 6) is 0.00203. The average molecular weight is 356 g/mol. The monoisotopic (exact) mass is 355 g/mol. The molecule has 3 rings (SSSR count). The fourth-order valence-electron chi connectivity index (χ4n) is 2.97. The number of rotatable bonds is 2. The molecule has 24 heavy (non-hydrogen) atoms. The van der Waals surface area contributed by atoms with E-state index < -0.39 is 23.1 Å². The molecule has 0 saturated carbocycles. The molecule has 0 unspecified atom stereocenters. The van der Waals surface area contributed by atoms with E-state index >= 15 is 0 Å². The minimum Gasteiger partial charge on any atom is -0.496 e. The topological polar surface area (TPSA) is 38.3 Å². The molecule has 7 heteroatoms. The zero-order chi connectivity index (χ0) is 17.7. The Morgan fingerprint density at radius 2 is 1.83 bits per heavy atom. The number of halogens is 4. The normalized spacial score (nSPS) is 19.8. The maximum atomic E-state index is 12.9. The lowest BCUT2D eigenvalue weighted by molar-refractivity contribution is -0.137. The van der Waals surface area contributed by atoms with Crippen LogP contribution in [0, 0.1) is 0 Å². The molecule has 1 aliphatic rings. The van der Waals surface area contributed by atoms with Crippen LogP contribution in [0.1, 0.15) is 23.6 Å². The number of methoxy groups -OCH3 is 1. The van der Waals surface area contributed by atoms with E-state index in [1.54, 1.807) is 25.1 Å². The molecule has 0 radical (unpaired) electrons. The third kappa shape index (κ3) is 2.41. The van der Waals surface area contributed by atoms with Crippen LogP contribution in [0.15, 0.2) is 36.4 Å². The summed E-state index contributed by atoms with van der Waals surface area (Å²) >= 11 is 6.04. The predicted octanol–water partition coefficient (Wildman–Crippen LogP) is 4.63. The number of anilines is 1. The summed E-state index contributed by atoms with van der Waals surface area (Å²) in [6, 6.07) is 8.05. The standard InChI is InChI=1S/C17H13ClF3NO2/c1-16(12-8-10(18)4-6-14(12)24-2)11-5-3-9(17(19,20)21)7-13(11)22-15(16)23/h3-8H,1-2H3,(H,22,23)/t16-/m1/s1. The molecule has 2 aromatic rings. The van der Waals surface area contributed by atoms with Gasteiger partial charge in [0.05, 0.1) is 12.7 Å². The second-order valence-corrected chi connectivity index (χ2v) is 6.12. The molecule has 0 spiro atoms. The van der Waals surface area contributed by atoms with Crippen LogP contribution in [0.4, 0.5) is 18.9 Å². The van der Waals surface area contributed by atoms with Crippen molar-refractivity contribution in [2.75, 3.05) is 12.4 Å². The summed E-state index contributed by atoms with van der Waals surface area (Å²) in [6.45, 7) is 1.63. The highest BCUT2D eigenvalue weighted by Crippen LogP contribution is 2.47.